The van der Waals surface area contributed by atoms with Crippen molar-refractivity contribution in [2.24, 2.45) is 0 Å². The van der Waals surface area contributed by atoms with Gasteiger partial charge in [0.15, 0.2) is 0 Å². The quantitative estimate of drug-likeness (QED) is 0.726. The van der Waals surface area contributed by atoms with Gasteiger partial charge in [-0.1, -0.05) is 40.3 Å². The van der Waals surface area contributed by atoms with Crippen molar-refractivity contribution in [2.45, 2.75) is 19.1 Å². The van der Waals surface area contributed by atoms with Crippen LogP contribution in [0.15, 0.2) is 47.1 Å². The van der Waals surface area contributed by atoms with E-state index in [1.165, 1.54) is 0 Å². The summed E-state index contributed by atoms with van der Waals surface area (Å²) in [5.74, 6) is -0.305. The van der Waals surface area contributed by atoms with Gasteiger partial charge in [0.2, 0.25) is 0 Å². The van der Waals surface area contributed by atoms with Crippen molar-refractivity contribution in [3.8, 4) is 0 Å². The molecular weight excluding hydrogens is 352 g/mol. The highest BCUT2D eigenvalue weighted by Gasteiger charge is 2.19. The van der Waals surface area contributed by atoms with Gasteiger partial charge in [-0.05, 0) is 36.8 Å². The zero-order chi connectivity index (χ0) is 15.4. The molecule has 0 aliphatic heterocycles. The van der Waals surface area contributed by atoms with Crippen LogP contribution in [0.3, 0.4) is 0 Å². The van der Waals surface area contributed by atoms with Gasteiger partial charge in [-0.3, -0.25) is 4.79 Å². The Bertz CT molecular complexity index is 685. The van der Waals surface area contributed by atoms with E-state index in [4.69, 9.17) is 12.2 Å². The Morgan fingerprint density at radius 3 is 2.62 bits per heavy atom. The minimum Gasteiger partial charge on any atom is -0.386 e. The topological polar surface area (TPSA) is 65.1 Å². The molecule has 0 radical (unpaired) electrons. The Labute approximate surface area is 136 Å². The van der Waals surface area contributed by atoms with E-state index in [1.807, 2.05) is 24.3 Å². The Morgan fingerprint density at radius 1 is 1.33 bits per heavy atom. The fourth-order valence-electron chi connectivity index (χ4n) is 1.91. The van der Waals surface area contributed by atoms with Crippen molar-refractivity contribution < 1.29 is 9.90 Å². The van der Waals surface area contributed by atoms with E-state index in [-0.39, 0.29) is 5.91 Å². The van der Waals surface area contributed by atoms with Crippen molar-refractivity contribution in [1.82, 2.24) is 10.3 Å². The number of carbonyl (C=O) groups is 1. The van der Waals surface area contributed by atoms with Gasteiger partial charge in [0, 0.05) is 10.7 Å². The third-order valence-corrected chi connectivity index (χ3v) is 3.97. The first-order valence-electron chi connectivity index (χ1n) is 6.41. The largest absolute Gasteiger partial charge is 0.386 e. The Kier molecular flexibility index (Phi) is 5.27. The standard InChI is InChI=1S/C15H15BrN2O2S/c1-9(13(19)10-4-6-11(16)7-5-10)18-14(20)12-3-2-8-17-15(12)21/h2-9,13,19H,1H3,(H,17,21)(H,18,20)/t9-,13+/m1/s1. The monoisotopic (exact) mass is 366 g/mol. The number of carbonyl (C=O) groups excluding carboxylic acids is 1. The van der Waals surface area contributed by atoms with Crippen molar-refractivity contribution in [3.05, 3.63) is 62.8 Å². The fourth-order valence-corrected chi connectivity index (χ4v) is 2.41. The number of H-pyrrole nitrogens is 1. The molecule has 2 aromatic rings. The lowest BCUT2D eigenvalue weighted by molar-refractivity contribution is 0.0851. The molecule has 0 saturated heterocycles. The molecule has 3 N–H and O–H groups in total. The number of hydrogen-bond donors (Lipinski definition) is 3. The van der Waals surface area contributed by atoms with Crippen LogP contribution >= 0.6 is 28.1 Å². The zero-order valence-corrected chi connectivity index (χ0v) is 13.7. The first-order valence-corrected chi connectivity index (χ1v) is 7.61. The van der Waals surface area contributed by atoms with Crippen LogP contribution in [0.2, 0.25) is 0 Å². The maximum Gasteiger partial charge on any atom is 0.254 e. The van der Waals surface area contributed by atoms with E-state index in [1.54, 1.807) is 25.3 Å². The molecule has 0 fully saturated rings. The van der Waals surface area contributed by atoms with Gasteiger partial charge < -0.3 is 15.4 Å². The van der Waals surface area contributed by atoms with E-state index in [2.05, 4.69) is 26.2 Å². The van der Waals surface area contributed by atoms with Crippen LogP contribution in [0.1, 0.15) is 28.9 Å². The molecule has 1 heterocycles. The van der Waals surface area contributed by atoms with Crippen molar-refractivity contribution in [2.75, 3.05) is 0 Å². The number of amides is 1. The molecule has 4 nitrogen and oxygen atoms in total. The van der Waals surface area contributed by atoms with Crippen LogP contribution in [-0.2, 0) is 0 Å². The van der Waals surface area contributed by atoms with E-state index < -0.39 is 12.1 Å². The predicted molar refractivity (Wildman–Crippen MR) is 87.7 cm³/mol. The van der Waals surface area contributed by atoms with E-state index >= 15 is 0 Å². The number of halogens is 1. The molecule has 1 aromatic carbocycles. The Hall–Kier alpha value is -1.50. The molecule has 110 valence electrons. The van der Waals surface area contributed by atoms with Gasteiger partial charge in [-0.2, -0.15) is 0 Å². The van der Waals surface area contributed by atoms with Crippen LogP contribution in [0.5, 0.6) is 0 Å². The maximum absolute atomic E-state index is 12.1. The summed E-state index contributed by atoms with van der Waals surface area (Å²) in [4.78, 5) is 15.0. The number of nitrogens with one attached hydrogen (secondary N) is 2. The summed E-state index contributed by atoms with van der Waals surface area (Å²) >= 11 is 8.41. The highest BCUT2D eigenvalue weighted by molar-refractivity contribution is 9.10. The molecule has 0 unspecified atom stereocenters. The second-order valence-electron chi connectivity index (χ2n) is 4.67. The summed E-state index contributed by atoms with van der Waals surface area (Å²) in [6, 6.07) is 10.2. The predicted octanol–water partition coefficient (Wildman–Crippen LogP) is 3.36. The molecule has 1 amide bonds. The van der Waals surface area contributed by atoms with Gasteiger partial charge in [-0.25, -0.2) is 0 Å². The van der Waals surface area contributed by atoms with Gasteiger partial charge in [-0.15, -0.1) is 0 Å². The zero-order valence-electron chi connectivity index (χ0n) is 11.3. The van der Waals surface area contributed by atoms with Crippen LogP contribution in [0.25, 0.3) is 0 Å². The molecule has 0 saturated carbocycles. The Morgan fingerprint density at radius 2 is 2.00 bits per heavy atom. The van der Waals surface area contributed by atoms with E-state index in [9.17, 15) is 9.90 Å². The van der Waals surface area contributed by atoms with Crippen LogP contribution in [-0.4, -0.2) is 22.0 Å². The van der Waals surface area contributed by atoms with Crippen LogP contribution in [0, 0.1) is 4.64 Å². The number of aromatic nitrogens is 1. The SMILES string of the molecule is C[C@@H](NC(=O)c1ccc[nH]c1=S)[C@H](O)c1ccc(Br)cc1. The van der Waals surface area contributed by atoms with Gasteiger partial charge in [0.05, 0.1) is 17.7 Å². The summed E-state index contributed by atoms with van der Waals surface area (Å²) < 4.78 is 1.31. The lowest BCUT2D eigenvalue weighted by Gasteiger charge is -2.20. The number of benzene rings is 1. The molecular formula is C15H15BrN2O2S. The second-order valence-corrected chi connectivity index (χ2v) is 6.00. The van der Waals surface area contributed by atoms with E-state index in [0.717, 1.165) is 10.0 Å². The first kappa shape index (κ1) is 15.9. The third-order valence-electron chi connectivity index (χ3n) is 3.11. The first-order chi connectivity index (χ1) is 9.99. The maximum atomic E-state index is 12.1. The number of pyridine rings is 1. The second kappa shape index (κ2) is 6.98. The average molecular weight is 367 g/mol. The molecule has 0 aliphatic rings. The van der Waals surface area contributed by atoms with Gasteiger partial charge >= 0.3 is 0 Å². The molecule has 0 bridgehead atoms. The van der Waals surface area contributed by atoms with E-state index in [0.29, 0.717) is 10.2 Å². The number of hydrogen-bond acceptors (Lipinski definition) is 3. The summed E-state index contributed by atoms with van der Waals surface area (Å²) in [7, 11) is 0. The summed E-state index contributed by atoms with van der Waals surface area (Å²) in [6.45, 7) is 1.75. The lowest BCUT2D eigenvalue weighted by Crippen LogP contribution is -2.37. The summed E-state index contributed by atoms with van der Waals surface area (Å²) in [6.07, 6.45) is 0.877. The number of rotatable bonds is 4. The van der Waals surface area contributed by atoms with Crippen LogP contribution in [0.4, 0.5) is 0 Å². The van der Waals surface area contributed by atoms with Crippen molar-refractivity contribution in [1.29, 1.82) is 0 Å². The number of aliphatic hydroxyl groups is 1. The molecule has 0 spiro atoms. The summed E-state index contributed by atoms with van der Waals surface area (Å²) in [5.41, 5.74) is 1.13. The number of aliphatic hydroxyl groups excluding tert-OH is 1. The van der Waals surface area contributed by atoms with Crippen LogP contribution < -0.4 is 5.32 Å². The average Bonchev–Trinajstić information content (AvgIpc) is 2.47. The number of aromatic amines is 1. The lowest BCUT2D eigenvalue weighted by atomic mass is 10.0. The fraction of sp³-hybridized carbons (Fsp3) is 0.200. The Balaban J connectivity index is 2.09. The molecule has 2 rings (SSSR count). The molecule has 21 heavy (non-hydrogen) atoms. The molecule has 1 aromatic heterocycles. The normalized spacial score (nSPS) is 13.5. The van der Waals surface area contributed by atoms with Gasteiger partial charge in [0.1, 0.15) is 4.64 Å². The van der Waals surface area contributed by atoms with Gasteiger partial charge in [0.25, 0.3) is 5.91 Å². The molecule has 2 atom stereocenters. The highest BCUT2D eigenvalue weighted by atomic mass is 79.9. The molecule has 6 heteroatoms. The minimum absolute atomic E-state index is 0.305. The molecule has 0 aliphatic carbocycles. The third kappa shape index (κ3) is 4.00. The minimum atomic E-state index is -0.789. The van der Waals surface area contributed by atoms with Crippen molar-refractivity contribution >= 4 is 34.1 Å². The highest BCUT2D eigenvalue weighted by Crippen LogP contribution is 2.19. The smallest absolute Gasteiger partial charge is 0.254 e. The summed E-state index contributed by atoms with van der Waals surface area (Å²) in [5, 5.41) is 13.0. The van der Waals surface area contributed by atoms with Crippen molar-refractivity contribution in [3.63, 3.8) is 0 Å².